The summed E-state index contributed by atoms with van der Waals surface area (Å²) in [6.45, 7) is 7.17. The fourth-order valence-electron chi connectivity index (χ4n) is 2.96. The van der Waals surface area contributed by atoms with Crippen molar-refractivity contribution in [1.82, 2.24) is 9.62 Å². The Morgan fingerprint density at radius 1 is 1.19 bits per heavy atom. The van der Waals surface area contributed by atoms with Crippen LogP contribution in [0, 0.1) is 6.92 Å². The van der Waals surface area contributed by atoms with Crippen molar-refractivity contribution in [2.75, 3.05) is 13.2 Å². The zero-order valence-electron chi connectivity index (χ0n) is 16.3. The second-order valence-corrected chi connectivity index (χ2v) is 9.74. The summed E-state index contributed by atoms with van der Waals surface area (Å²) in [5.74, 6) is -1.10. The summed E-state index contributed by atoms with van der Waals surface area (Å²) in [5, 5.41) is 2.70. The lowest BCUT2D eigenvalue weighted by molar-refractivity contribution is -0.153. The normalized spacial score (nSPS) is 18.7. The van der Waals surface area contributed by atoms with Gasteiger partial charge in [-0.15, -0.1) is 0 Å². The number of ether oxygens (including phenoxy) is 1. The SMILES string of the molecule is Cc1ccc(S(=O)(=O)N2CCCC[C@@H]2C(=O)OCC(=O)NC(C)(C)C)cc1. The van der Waals surface area contributed by atoms with Crippen LogP contribution in [-0.4, -0.2) is 49.3 Å². The van der Waals surface area contributed by atoms with Crippen LogP contribution in [0.1, 0.15) is 45.6 Å². The third-order valence-corrected chi connectivity index (χ3v) is 6.14. The molecule has 0 radical (unpaired) electrons. The fraction of sp³-hybridized carbons (Fsp3) is 0.579. The van der Waals surface area contributed by atoms with E-state index in [1.54, 1.807) is 24.3 Å². The van der Waals surface area contributed by atoms with Crippen molar-refractivity contribution in [2.24, 2.45) is 0 Å². The monoisotopic (exact) mass is 396 g/mol. The lowest BCUT2D eigenvalue weighted by Crippen LogP contribution is -2.49. The molecule has 1 aliphatic rings. The van der Waals surface area contributed by atoms with E-state index in [1.807, 2.05) is 27.7 Å². The molecule has 0 spiro atoms. The van der Waals surface area contributed by atoms with Crippen molar-refractivity contribution >= 4 is 21.9 Å². The Labute approximate surface area is 161 Å². The number of piperidine rings is 1. The summed E-state index contributed by atoms with van der Waals surface area (Å²) < 4.78 is 32.3. The summed E-state index contributed by atoms with van der Waals surface area (Å²) in [6, 6.07) is 5.62. The predicted octanol–water partition coefficient (Wildman–Crippen LogP) is 2.00. The zero-order chi connectivity index (χ0) is 20.2. The first kappa shape index (κ1) is 21.4. The second kappa shape index (κ2) is 8.39. The van der Waals surface area contributed by atoms with Crippen molar-refractivity contribution in [3.63, 3.8) is 0 Å². The molecule has 0 unspecified atom stereocenters. The molecule has 1 N–H and O–H groups in total. The van der Waals surface area contributed by atoms with Gasteiger partial charge in [0.05, 0.1) is 4.90 Å². The summed E-state index contributed by atoms with van der Waals surface area (Å²) in [7, 11) is -3.81. The summed E-state index contributed by atoms with van der Waals surface area (Å²) in [5.41, 5.74) is 0.517. The number of carbonyl (C=O) groups is 2. The van der Waals surface area contributed by atoms with E-state index in [0.717, 1.165) is 12.0 Å². The molecule has 0 aliphatic carbocycles. The summed E-state index contributed by atoms with van der Waals surface area (Å²) in [6.07, 6.45) is 1.79. The minimum absolute atomic E-state index is 0.151. The van der Waals surface area contributed by atoms with Gasteiger partial charge in [0.25, 0.3) is 5.91 Å². The molecule has 0 bridgehead atoms. The van der Waals surface area contributed by atoms with E-state index in [1.165, 1.54) is 4.31 Å². The molecule has 1 fully saturated rings. The van der Waals surface area contributed by atoms with Gasteiger partial charge in [-0.25, -0.2) is 8.42 Å². The number of amides is 1. The minimum Gasteiger partial charge on any atom is -0.454 e. The van der Waals surface area contributed by atoms with E-state index in [2.05, 4.69) is 5.32 Å². The van der Waals surface area contributed by atoms with E-state index in [4.69, 9.17) is 4.74 Å². The van der Waals surface area contributed by atoms with Crippen molar-refractivity contribution in [3.8, 4) is 0 Å². The van der Waals surface area contributed by atoms with Crippen molar-refractivity contribution < 1.29 is 22.7 Å². The number of esters is 1. The van der Waals surface area contributed by atoms with Crippen LogP contribution in [-0.2, 0) is 24.3 Å². The highest BCUT2D eigenvalue weighted by Gasteiger charge is 2.38. The van der Waals surface area contributed by atoms with Gasteiger partial charge < -0.3 is 10.1 Å². The van der Waals surface area contributed by atoms with Gasteiger partial charge in [0, 0.05) is 12.1 Å². The fourth-order valence-corrected chi connectivity index (χ4v) is 4.61. The Hall–Kier alpha value is -1.93. The first-order chi connectivity index (χ1) is 12.5. The highest BCUT2D eigenvalue weighted by molar-refractivity contribution is 7.89. The molecule has 2 rings (SSSR count). The number of nitrogens with one attached hydrogen (secondary N) is 1. The molecule has 7 nitrogen and oxygen atoms in total. The molecule has 1 aliphatic heterocycles. The van der Waals surface area contributed by atoms with Gasteiger partial charge in [0.1, 0.15) is 6.04 Å². The molecule has 1 amide bonds. The Morgan fingerprint density at radius 3 is 2.41 bits per heavy atom. The van der Waals surface area contributed by atoms with Crippen LogP contribution in [0.15, 0.2) is 29.2 Å². The number of aryl methyl sites for hydroxylation is 1. The molecule has 1 saturated heterocycles. The Bertz CT molecular complexity index is 781. The number of rotatable bonds is 5. The molecule has 1 aromatic rings. The smallest absolute Gasteiger partial charge is 0.324 e. The summed E-state index contributed by atoms with van der Waals surface area (Å²) in [4.78, 5) is 24.5. The first-order valence-corrected chi connectivity index (χ1v) is 10.5. The topological polar surface area (TPSA) is 92.8 Å². The van der Waals surface area contributed by atoms with Crippen LogP contribution in [0.5, 0.6) is 0 Å². The Morgan fingerprint density at radius 2 is 1.81 bits per heavy atom. The quantitative estimate of drug-likeness (QED) is 0.769. The molecule has 0 aromatic heterocycles. The highest BCUT2D eigenvalue weighted by Crippen LogP contribution is 2.26. The zero-order valence-corrected chi connectivity index (χ0v) is 17.1. The third-order valence-electron chi connectivity index (χ3n) is 4.21. The van der Waals surface area contributed by atoms with Crippen LogP contribution in [0.25, 0.3) is 0 Å². The van der Waals surface area contributed by atoms with Crippen molar-refractivity contribution in [1.29, 1.82) is 0 Å². The lowest BCUT2D eigenvalue weighted by Gasteiger charge is -2.33. The lowest BCUT2D eigenvalue weighted by atomic mass is 10.1. The van der Waals surface area contributed by atoms with Crippen LogP contribution in [0.2, 0.25) is 0 Å². The molecule has 150 valence electrons. The van der Waals surface area contributed by atoms with Crippen LogP contribution >= 0.6 is 0 Å². The molecule has 1 heterocycles. The number of nitrogens with zero attached hydrogens (tertiary/aromatic N) is 1. The Kier molecular flexibility index (Phi) is 6.64. The van der Waals surface area contributed by atoms with Gasteiger partial charge >= 0.3 is 5.97 Å². The molecular formula is C19H28N2O5S. The van der Waals surface area contributed by atoms with Crippen molar-refractivity contribution in [3.05, 3.63) is 29.8 Å². The number of sulfonamides is 1. The van der Waals surface area contributed by atoms with Gasteiger partial charge in [0.2, 0.25) is 10.0 Å². The second-order valence-electron chi connectivity index (χ2n) is 7.85. The number of carbonyl (C=O) groups excluding carboxylic acids is 2. The number of hydrogen-bond acceptors (Lipinski definition) is 5. The van der Waals surface area contributed by atoms with E-state index < -0.39 is 40.1 Å². The van der Waals surface area contributed by atoms with E-state index in [0.29, 0.717) is 12.8 Å². The van der Waals surface area contributed by atoms with E-state index >= 15 is 0 Å². The van der Waals surface area contributed by atoms with E-state index in [-0.39, 0.29) is 11.4 Å². The maximum absolute atomic E-state index is 13.0. The van der Waals surface area contributed by atoms with Crippen molar-refractivity contribution in [2.45, 2.75) is 63.4 Å². The van der Waals surface area contributed by atoms with Gasteiger partial charge in [-0.3, -0.25) is 9.59 Å². The molecule has 27 heavy (non-hydrogen) atoms. The van der Waals surface area contributed by atoms with Crippen LogP contribution in [0.4, 0.5) is 0 Å². The number of benzene rings is 1. The largest absolute Gasteiger partial charge is 0.454 e. The maximum atomic E-state index is 13.0. The van der Waals surface area contributed by atoms with E-state index in [9.17, 15) is 18.0 Å². The van der Waals surface area contributed by atoms with Gasteiger partial charge in [-0.05, 0) is 59.1 Å². The summed E-state index contributed by atoms with van der Waals surface area (Å²) >= 11 is 0. The maximum Gasteiger partial charge on any atom is 0.324 e. The molecule has 0 saturated carbocycles. The average molecular weight is 397 g/mol. The standard InChI is InChI=1S/C19H28N2O5S/c1-14-8-10-15(11-9-14)27(24,25)21-12-6-5-7-16(21)18(23)26-13-17(22)20-19(2,3)4/h8-11,16H,5-7,12-13H2,1-4H3,(H,20,22)/t16-/m1/s1. The molecule has 1 aromatic carbocycles. The predicted molar refractivity (Wildman–Crippen MR) is 102 cm³/mol. The van der Waals surface area contributed by atoms with Crippen LogP contribution < -0.4 is 5.32 Å². The molecule has 8 heteroatoms. The Balaban J connectivity index is 2.11. The molecular weight excluding hydrogens is 368 g/mol. The van der Waals surface area contributed by atoms with Gasteiger partial charge in [0.15, 0.2) is 6.61 Å². The number of hydrogen-bond donors (Lipinski definition) is 1. The van der Waals surface area contributed by atoms with Gasteiger partial charge in [-0.1, -0.05) is 17.7 Å². The third kappa shape index (κ3) is 5.77. The first-order valence-electron chi connectivity index (χ1n) is 9.07. The highest BCUT2D eigenvalue weighted by atomic mass is 32.2. The van der Waals surface area contributed by atoms with Crippen LogP contribution in [0.3, 0.4) is 0 Å². The average Bonchev–Trinajstić information content (AvgIpc) is 2.58. The van der Waals surface area contributed by atoms with Gasteiger partial charge in [-0.2, -0.15) is 4.31 Å². The minimum atomic E-state index is -3.81. The molecule has 1 atom stereocenters.